The highest BCUT2D eigenvalue weighted by Crippen LogP contribution is 2.40. The van der Waals surface area contributed by atoms with Crippen LogP contribution in [-0.2, 0) is 13.6 Å². The van der Waals surface area contributed by atoms with Gasteiger partial charge in [0, 0.05) is 37.1 Å². The molecule has 3 aromatic heterocycles. The zero-order valence-corrected chi connectivity index (χ0v) is 18.9. The lowest BCUT2D eigenvalue weighted by Gasteiger charge is -2.16. The molecule has 10 nitrogen and oxygen atoms in total. The molecule has 176 valence electrons. The number of amides is 1. The summed E-state index contributed by atoms with van der Waals surface area (Å²) in [5, 5.41) is 22.0. The van der Waals surface area contributed by atoms with Gasteiger partial charge in [0.25, 0.3) is 5.91 Å². The molecule has 5 rings (SSSR count). The van der Waals surface area contributed by atoms with Gasteiger partial charge in [-0.3, -0.25) is 9.48 Å². The summed E-state index contributed by atoms with van der Waals surface area (Å²) in [6.07, 6.45) is 3.48. The third-order valence-corrected chi connectivity index (χ3v) is 5.60. The van der Waals surface area contributed by atoms with Gasteiger partial charge < -0.3 is 19.9 Å². The average molecular weight is 466 g/mol. The number of anilines is 1. The van der Waals surface area contributed by atoms with E-state index in [2.05, 4.69) is 20.5 Å². The van der Waals surface area contributed by atoms with Crippen molar-refractivity contribution in [2.24, 2.45) is 7.05 Å². The molecule has 0 atom stereocenters. The van der Waals surface area contributed by atoms with E-state index in [9.17, 15) is 9.90 Å². The molecule has 4 heterocycles. The fraction of sp³-hybridized carbons (Fsp3) is 0.304. The molecule has 1 amide bonds. The number of carbonyl (C=O) groups is 1. The number of aromatic nitrogens is 5. The smallest absolute Gasteiger partial charge is 0.275 e. The van der Waals surface area contributed by atoms with Crippen LogP contribution in [0.1, 0.15) is 30.8 Å². The summed E-state index contributed by atoms with van der Waals surface area (Å²) < 4.78 is 28.7. The van der Waals surface area contributed by atoms with Crippen LogP contribution in [0.25, 0.3) is 22.2 Å². The summed E-state index contributed by atoms with van der Waals surface area (Å²) in [6.45, 7) is 3.74. The second-order valence-electron chi connectivity index (χ2n) is 8.68. The third-order valence-electron chi connectivity index (χ3n) is 5.60. The number of rotatable bonds is 6. The number of halogens is 1. The summed E-state index contributed by atoms with van der Waals surface area (Å²) >= 11 is 0. The molecule has 0 aliphatic carbocycles. The van der Waals surface area contributed by atoms with Crippen molar-refractivity contribution in [3.63, 3.8) is 0 Å². The highest BCUT2D eigenvalue weighted by Gasteiger charge is 2.24. The number of nitrogens with one attached hydrogen (secondary N) is 1. The molecule has 1 aromatic carbocycles. The fourth-order valence-corrected chi connectivity index (χ4v) is 3.76. The largest absolute Gasteiger partial charge is 0.453 e. The normalized spacial score (nSPS) is 13.0. The van der Waals surface area contributed by atoms with Crippen LogP contribution in [0.5, 0.6) is 11.5 Å². The van der Waals surface area contributed by atoms with Gasteiger partial charge in [-0.1, -0.05) is 0 Å². The Balaban J connectivity index is 1.58. The first-order valence-electron chi connectivity index (χ1n) is 10.7. The first-order valence-corrected chi connectivity index (χ1v) is 10.7. The monoisotopic (exact) mass is 466 g/mol. The van der Waals surface area contributed by atoms with Gasteiger partial charge in [-0.05, 0) is 44.5 Å². The SMILES string of the molecule is Cn1nccc1C(=O)Nc1nn(CCC(C)(C)O)c2ncc(-c3ccc4c(c3F)OCO4)cc12. The van der Waals surface area contributed by atoms with Crippen LogP contribution in [0.4, 0.5) is 10.2 Å². The molecular formula is C23H23FN6O4. The van der Waals surface area contributed by atoms with Crippen LogP contribution in [0.15, 0.2) is 36.7 Å². The first kappa shape index (κ1) is 21.8. The van der Waals surface area contributed by atoms with E-state index in [1.165, 1.54) is 17.1 Å². The molecule has 0 saturated carbocycles. The number of aliphatic hydroxyl groups is 1. The summed E-state index contributed by atoms with van der Waals surface area (Å²) in [5.74, 6) is -0.269. The summed E-state index contributed by atoms with van der Waals surface area (Å²) in [6, 6.07) is 6.55. The van der Waals surface area contributed by atoms with Gasteiger partial charge in [-0.25, -0.2) is 14.1 Å². The van der Waals surface area contributed by atoms with E-state index >= 15 is 4.39 Å². The van der Waals surface area contributed by atoms with Crippen molar-refractivity contribution < 1.29 is 23.8 Å². The Morgan fingerprint density at radius 1 is 1.29 bits per heavy atom. The van der Waals surface area contributed by atoms with E-state index in [-0.39, 0.29) is 23.9 Å². The van der Waals surface area contributed by atoms with Gasteiger partial charge in [0.1, 0.15) is 5.69 Å². The van der Waals surface area contributed by atoms with Gasteiger partial charge in [0.2, 0.25) is 12.5 Å². The standard InChI is InChI=1S/C23H23FN6O4/c1-23(2,32)7-9-30-21-15(20(28-30)27-22(31)16-6-8-26-29(16)3)10-13(11-25-21)14-4-5-17-19(18(14)24)34-12-33-17/h4-6,8,10-11,32H,7,9,12H2,1-3H3,(H,27,28,31). The van der Waals surface area contributed by atoms with Crippen molar-refractivity contribution in [1.29, 1.82) is 0 Å². The van der Waals surface area contributed by atoms with Crippen molar-refractivity contribution in [2.45, 2.75) is 32.4 Å². The second-order valence-corrected chi connectivity index (χ2v) is 8.68. The molecule has 0 saturated heterocycles. The van der Waals surface area contributed by atoms with E-state index in [1.807, 2.05) is 0 Å². The van der Waals surface area contributed by atoms with E-state index in [1.54, 1.807) is 49.8 Å². The molecule has 0 spiro atoms. The number of nitrogens with zero attached hydrogens (tertiary/aromatic N) is 5. The highest BCUT2D eigenvalue weighted by molar-refractivity contribution is 6.07. The van der Waals surface area contributed by atoms with Crippen molar-refractivity contribution in [2.75, 3.05) is 12.1 Å². The topological polar surface area (TPSA) is 116 Å². The molecule has 0 radical (unpaired) electrons. The maximum absolute atomic E-state index is 15.1. The maximum atomic E-state index is 15.1. The average Bonchev–Trinajstić information content (AvgIpc) is 3.51. The Morgan fingerprint density at radius 3 is 2.85 bits per heavy atom. The Morgan fingerprint density at radius 2 is 2.12 bits per heavy atom. The van der Waals surface area contributed by atoms with Crippen molar-refractivity contribution in [3.8, 4) is 22.6 Å². The zero-order valence-electron chi connectivity index (χ0n) is 18.9. The van der Waals surface area contributed by atoms with Gasteiger partial charge in [-0.2, -0.15) is 10.2 Å². The maximum Gasteiger partial charge on any atom is 0.275 e. The van der Waals surface area contributed by atoms with Gasteiger partial charge >= 0.3 is 0 Å². The number of aryl methyl sites for hydroxylation is 2. The van der Waals surface area contributed by atoms with E-state index < -0.39 is 17.3 Å². The lowest BCUT2D eigenvalue weighted by molar-refractivity contribution is 0.0654. The Hall–Kier alpha value is -3.99. The Labute approximate surface area is 193 Å². The molecule has 11 heteroatoms. The lowest BCUT2D eigenvalue weighted by Crippen LogP contribution is -2.21. The van der Waals surface area contributed by atoms with Crippen LogP contribution >= 0.6 is 0 Å². The van der Waals surface area contributed by atoms with Crippen molar-refractivity contribution in [3.05, 3.63) is 48.2 Å². The number of ether oxygens (including phenoxy) is 2. The lowest BCUT2D eigenvalue weighted by atomic mass is 10.0. The van der Waals surface area contributed by atoms with Crippen LogP contribution in [0.2, 0.25) is 0 Å². The Kier molecular flexibility index (Phi) is 5.20. The molecule has 0 bridgehead atoms. The van der Waals surface area contributed by atoms with Crippen LogP contribution in [-0.4, -0.2) is 48.0 Å². The van der Waals surface area contributed by atoms with Crippen molar-refractivity contribution >= 4 is 22.8 Å². The van der Waals surface area contributed by atoms with Gasteiger partial charge in [-0.15, -0.1) is 0 Å². The van der Waals surface area contributed by atoms with E-state index in [0.29, 0.717) is 41.0 Å². The second kappa shape index (κ2) is 8.10. The van der Waals surface area contributed by atoms with Crippen LogP contribution < -0.4 is 14.8 Å². The minimum atomic E-state index is -0.911. The summed E-state index contributed by atoms with van der Waals surface area (Å²) in [5.41, 5.74) is 0.708. The quantitative estimate of drug-likeness (QED) is 0.448. The Bertz CT molecular complexity index is 1400. The molecular weight excluding hydrogens is 443 g/mol. The molecule has 1 aliphatic rings. The number of benzene rings is 1. The minimum absolute atomic E-state index is 0.0365. The van der Waals surface area contributed by atoms with Gasteiger partial charge in [0.15, 0.2) is 23.0 Å². The zero-order chi connectivity index (χ0) is 24.0. The fourth-order valence-electron chi connectivity index (χ4n) is 3.76. The molecule has 1 aliphatic heterocycles. The molecule has 2 N–H and O–H groups in total. The minimum Gasteiger partial charge on any atom is -0.453 e. The predicted molar refractivity (Wildman–Crippen MR) is 121 cm³/mol. The van der Waals surface area contributed by atoms with E-state index in [4.69, 9.17) is 9.47 Å². The number of fused-ring (bicyclic) bond motifs is 2. The predicted octanol–water partition coefficient (Wildman–Crippen LogP) is 3.11. The first-order chi connectivity index (χ1) is 16.2. The highest BCUT2D eigenvalue weighted by atomic mass is 19.1. The summed E-state index contributed by atoms with van der Waals surface area (Å²) in [7, 11) is 1.66. The molecule has 0 unspecified atom stereocenters. The molecule has 4 aromatic rings. The molecule has 0 fully saturated rings. The van der Waals surface area contributed by atoms with Crippen LogP contribution in [0.3, 0.4) is 0 Å². The van der Waals surface area contributed by atoms with E-state index in [0.717, 1.165) is 0 Å². The van der Waals surface area contributed by atoms with Crippen LogP contribution in [0, 0.1) is 5.82 Å². The van der Waals surface area contributed by atoms with Gasteiger partial charge in [0.05, 0.1) is 11.0 Å². The number of pyridine rings is 1. The van der Waals surface area contributed by atoms with Crippen molar-refractivity contribution in [1.82, 2.24) is 24.5 Å². The third kappa shape index (κ3) is 3.94. The molecule has 34 heavy (non-hydrogen) atoms. The summed E-state index contributed by atoms with van der Waals surface area (Å²) in [4.78, 5) is 17.3. The number of hydrogen-bond donors (Lipinski definition) is 2. The number of carbonyl (C=O) groups excluding carboxylic acids is 1. The number of hydrogen-bond acceptors (Lipinski definition) is 7.